The third-order valence-corrected chi connectivity index (χ3v) is 5.56. The molecule has 1 heterocycles. The Morgan fingerprint density at radius 2 is 1.75 bits per heavy atom. The number of anilines is 1. The molecule has 0 radical (unpaired) electrons. The molecular formula is C23H23NO3S. The van der Waals surface area contributed by atoms with Crippen LogP contribution in [0.2, 0.25) is 0 Å². The van der Waals surface area contributed by atoms with Gasteiger partial charge in [0.1, 0.15) is 0 Å². The molecule has 3 rings (SSSR count). The number of carbonyl (C=O) groups excluding carboxylic acids is 2. The molecule has 1 amide bonds. The van der Waals surface area contributed by atoms with Gasteiger partial charge in [0.2, 0.25) is 0 Å². The summed E-state index contributed by atoms with van der Waals surface area (Å²) >= 11 is 1.65. The second kappa shape index (κ2) is 8.48. The molecule has 0 saturated carbocycles. The number of esters is 1. The number of benzene rings is 2. The van der Waals surface area contributed by atoms with Crippen molar-refractivity contribution in [3.63, 3.8) is 0 Å². The monoisotopic (exact) mass is 393 g/mol. The van der Waals surface area contributed by atoms with Crippen LogP contribution in [0.3, 0.4) is 0 Å². The van der Waals surface area contributed by atoms with Gasteiger partial charge in [0.05, 0.1) is 18.3 Å². The van der Waals surface area contributed by atoms with Crippen LogP contribution in [0, 0.1) is 0 Å². The van der Waals surface area contributed by atoms with Gasteiger partial charge >= 0.3 is 5.97 Å². The molecule has 0 spiro atoms. The number of hydrogen-bond donors (Lipinski definition) is 0. The molecule has 2 aromatic rings. The fourth-order valence-corrected chi connectivity index (χ4v) is 3.65. The Morgan fingerprint density at radius 3 is 2.29 bits per heavy atom. The van der Waals surface area contributed by atoms with Gasteiger partial charge in [-0.25, -0.2) is 4.79 Å². The van der Waals surface area contributed by atoms with Gasteiger partial charge in [-0.05, 0) is 61.1 Å². The molecule has 1 aliphatic heterocycles. The van der Waals surface area contributed by atoms with Crippen LogP contribution in [0.5, 0.6) is 0 Å². The molecule has 0 saturated heterocycles. The van der Waals surface area contributed by atoms with Crippen molar-refractivity contribution in [1.29, 1.82) is 0 Å². The van der Waals surface area contributed by atoms with Crippen molar-refractivity contribution in [3.8, 4) is 0 Å². The second-order valence-corrected chi connectivity index (χ2v) is 7.32. The SMILES string of the molecule is CCc1ccc(N2C(=O)/C(=C\c3ccc(SC)cc3)C(C(=O)OC)=C2C)cc1. The van der Waals surface area contributed by atoms with Crippen molar-refractivity contribution in [2.24, 2.45) is 0 Å². The van der Waals surface area contributed by atoms with E-state index >= 15 is 0 Å². The first-order valence-electron chi connectivity index (χ1n) is 9.08. The number of methoxy groups -OCH3 is 1. The Balaban J connectivity index is 2.07. The van der Waals surface area contributed by atoms with Crippen LogP contribution in [-0.2, 0) is 20.7 Å². The van der Waals surface area contributed by atoms with Crippen LogP contribution >= 0.6 is 11.8 Å². The van der Waals surface area contributed by atoms with Gasteiger partial charge < -0.3 is 4.74 Å². The first-order valence-corrected chi connectivity index (χ1v) is 10.3. The lowest BCUT2D eigenvalue weighted by Gasteiger charge is -2.18. The van der Waals surface area contributed by atoms with Crippen molar-refractivity contribution >= 4 is 35.4 Å². The largest absolute Gasteiger partial charge is 0.465 e. The molecule has 4 nitrogen and oxygen atoms in total. The van der Waals surface area contributed by atoms with Crippen molar-refractivity contribution < 1.29 is 14.3 Å². The zero-order valence-corrected chi connectivity index (χ0v) is 17.3. The van der Waals surface area contributed by atoms with E-state index in [9.17, 15) is 9.59 Å². The molecular weight excluding hydrogens is 370 g/mol. The minimum absolute atomic E-state index is 0.226. The molecule has 0 bridgehead atoms. The van der Waals surface area contributed by atoms with E-state index in [0.29, 0.717) is 16.8 Å². The molecule has 0 unspecified atom stereocenters. The number of ether oxygens (including phenoxy) is 1. The predicted octanol–water partition coefficient (Wildman–Crippen LogP) is 4.85. The van der Waals surface area contributed by atoms with Crippen LogP contribution in [-0.4, -0.2) is 25.2 Å². The molecule has 144 valence electrons. The molecule has 0 fully saturated rings. The standard InChI is InChI=1S/C23H23NO3S/c1-5-16-6-10-18(11-7-16)24-15(2)21(23(26)27-3)20(22(24)25)14-17-8-12-19(28-4)13-9-17/h6-14H,5H2,1-4H3/b20-14-. The normalized spacial score (nSPS) is 15.5. The molecule has 28 heavy (non-hydrogen) atoms. The third-order valence-electron chi connectivity index (χ3n) is 4.82. The van der Waals surface area contributed by atoms with Gasteiger partial charge in [-0.2, -0.15) is 0 Å². The highest BCUT2D eigenvalue weighted by Crippen LogP contribution is 2.35. The number of aryl methyl sites for hydroxylation is 1. The van der Waals surface area contributed by atoms with Gasteiger partial charge in [-0.1, -0.05) is 31.2 Å². The number of allylic oxidation sites excluding steroid dienone is 1. The maximum atomic E-state index is 13.2. The maximum absolute atomic E-state index is 13.2. The quantitative estimate of drug-likeness (QED) is 0.414. The highest BCUT2D eigenvalue weighted by molar-refractivity contribution is 7.98. The van der Waals surface area contributed by atoms with E-state index in [1.807, 2.05) is 54.8 Å². The average Bonchev–Trinajstić information content (AvgIpc) is 2.97. The predicted molar refractivity (Wildman–Crippen MR) is 114 cm³/mol. The first-order chi connectivity index (χ1) is 13.5. The number of carbonyl (C=O) groups is 2. The minimum atomic E-state index is -0.509. The number of thioether (sulfide) groups is 1. The summed E-state index contributed by atoms with van der Waals surface area (Å²) in [6.45, 7) is 3.86. The first kappa shape index (κ1) is 20.0. The van der Waals surface area contributed by atoms with Gasteiger partial charge in [0, 0.05) is 16.3 Å². The van der Waals surface area contributed by atoms with E-state index in [4.69, 9.17) is 4.74 Å². The minimum Gasteiger partial charge on any atom is -0.465 e. The van der Waals surface area contributed by atoms with Crippen molar-refractivity contribution in [1.82, 2.24) is 0 Å². The number of amides is 1. The van der Waals surface area contributed by atoms with Crippen LogP contribution in [0.1, 0.15) is 25.0 Å². The summed E-state index contributed by atoms with van der Waals surface area (Å²) in [4.78, 5) is 28.4. The lowest BCUT2D eigenvalue weighted by molar-refractivity contribution is -0.136. The van der Waals surface area contributed by atoms with Gasteiger partial charge in [-0.3, -0.25) is 9.69 Å². The van der Waals surface area contributed by atoms with E-state index in [1.165, 1.54) is 12.7 Å². The summed E-state index contributed by atoms with van der Waals surface area (Å²) in [7, 11) is 1.33. The van der Waals surface area contributed by atoms with Crippen LogP contribution in [0.25, 0.3) is 6.08 Å². The highest BCUT2D eigenvalue weighted by atomic mass is 32.2. The average molecular weight is 394 g/mol. The Hall–Kier alpha value is -2.79. The van der Waals surface area contributed by atoms with E-state index in [-0.39, 0.29) is 5.91 Å². The lowest BCUT2D eigenvalue weighted by Crippen LogP contribution is -2.24. The molecule has 0 N–H and O–H groups in total. The summed E-state index contributed by atoms with van der Waals surface area (Å²) in [6, 6.07) is 15.7. The Morgan fingerprint density at radius 1 is 1.11 bits per heavy atom. The van der Waals surface area contributed by atoms with Crippen molar-refractivity contribution in [2.75, 3.05) is 18.3 Å². The number of hydrogen-bond acceptors (Lipinski definition) is 4. The van der Waals surface area contributed by atoms with Crippen molar-refractivity contribution in [2.45, 2.75) is 25.2 Å². The van der Waals surface area contributed by atoms with E-state index in [2.05, 4.69) is 6.92 Å². The summed E-state index contributed by atoms with van der Waals surface area (Å²) in [5, 5.41) is 0. The topological polar surface area (TPSA) is 46.6 Å². The Kier molecular flexibility index (Phi) is 6.05. The number of nitrogens with zero attached hydrogens (tertiary/aromatic N) is 1. The Labute approximate surface area is 169 Å². The molecule has 0 aromatic heterocycles. The molecule has 1 aliphatic rings. The summed E-state index contributed by atoms with van der Waals surface area (Å²) in [5.41, 5.74) is 4.02. The molecule has 2 aromatic carbocycles. The maximum Gasteiger partial charge on any atom is 0.340 e. The zero-order chi connectivity index (χ0) is 20.3. The lowest BCUT2D eigenvalue weighted by atomic mass is 10.0. The van der Waals surface area contributed by atoms with E-state index in [0.717, 1.165) is 22.6 Å². The second-order valence-electron chi connectivity index (χ2n) is 6.44. The highest BCUT2D eigenvalue weighted by Gasteiger charge is 2.37. The van der Waals surface area contributed by atoms with E-state index < -0.39 is 5.97 Å². The third kappa shape index (κ3) is 3.76. The fourth-order valence-electron chi connectivity index (χ4n) is 3.24. The molecule has 0 atom stereocenters. The summed E-state index contributed by atoms with van der Waals surface area (Å²) in [5.74, 6) is -0.735. The van der Waals surface area contributed by atoms with Crippen LogP contribution in [0.4, 0.5) is 5.69 Å². The van der Waals surface area contributed by atoms with Gasteiger partial charge in [0.25, 0.3) is 5.91 Å². The zero-order valence-electron chi connectivity index (χ0n) is 16.5. The van der Waals surface area contributed by atoms with Gasteiger partial charge in [0.15, 0.2) is 0 Å². The van der Waals surface area contributed by atoms with E-state index in [1.54, 1.807) is 29.7 Å². The van der Waals surface area contributed by atoms with Crippen LogP contribution < -0.4 is 4.90 Å². The summed E-state index contributed by atoms with van der Waals surface area (Å²) < 4.78 is 4.96. The fraction of sp³-hybridized carbons (Fsp3) is 0.217. The smallest absolute Gasteiger partial charge is 0.340 e. The number of rotatable bonds is 5. The molecule has 5 heteroatoms. The van der Waals surface area contributed by atoms with Gasteiger partial charge in [-0.15, -0.1) is 11.8 Å². The molecule has 0 aliphatic carbocycles. The van der Waals surface area contributed by atoms with Crippen LogP contribution in [0.15, 0.2) is 70.3 Å². The van der Waals surface area contributed by atoms with Crippen molar-refractivity contribution in [3.05, 3.63) is 76.5 Å². The summed E-state index contributed by atoms with van der Waals surface area (Å²) in [6.07, 6.45) is 4.69. The Bertz CT molecular complexity index is 956.